The molecule has 0 spiro atoms. The third kappa shape index (κ3) is 3.80. The van der Waals surface area contributed by atoms with E-state index in [4.69, 9.17) is 16.7 Å². The summed E-state index contributed by atoms with van der Waals surface area (Å²) in [6, 6.07) is 4.87. The normalized spacial score (nSPS) is 12.4. The fraction of sp³-hybridized carbons (Fsp3) is 0.429. The van der Waals surface area contributed by atoms with Crippen molar-refractivity contribution in [2.24, 2.45) is 5.92 Å². The Kier molecular flexibility index (Phi) is 5.46. The topological polar surface area (TPSA) is 92.9 Å². The zero-order valence-corrected chi connectivity index (χ0v) is 13.2. The number of aliphatic hydroxyl groups excluding tert-OH is 1. The van der Waals surface area contributed by atoms with Crippen LogP contribution in [0.15, 0.2) is 24.5 Å². The predicted octanol–water partition coefficient (Wildman–Crippen LogP) is 1.45. The Morgan fingerprint density at radius 3 is 2.77 bits per heavy atom. The number of nitrogens with zero attached hydrogens (tertiary/aromatic N) is 4. The van der Waals surface area contributed by atoms with E-state index in [1.165, 1.54) is 11.0 Å². The van der Waals surface area contributed by atoms with E-state index in [9.17, 15) is 4.79 Å². The number of tetrazole rings is 1. The number of aliphatic hydroxyl groups is 1. The smallest absolute Gasteiger partial charge is 0.253 e. The summed E-state index contributed by atoms with van der Waals surface area (Å²) < 4.78 is 1.45. The van der Waals surface area contributed by atoms with Crippen LogP contribution in [0.25, 0.3) is 5.69 Å². The summed E-state index contributed by atoms with van der Waals surface area (Å²) in [6.07, 6.45) is 1.95. The van der Waals surface area contributed by atoms with Gasteiger partial charge < -0.3 is 10.4 Å². The van der Waals surface area contributed by atoms with Crippen molar-refractivity contribution in [3.8, 4) is 5.69 Å². The Labute approximate surface area is 133 Å². The molecule has 0 saturated carbocycles. The summed E-state index contributed by atoms with van der Waals surface area (Å²) in [4.78, 5) is 12.3. The van der Waals surface area contributed by atoms with E-state index in [-0.39, 0.29) is 24.5 Å². The molecule has 1 unspecified atom stereocenters. The quantitative estimate of drug-likeness (QED) is 0.839. The third-order valence-corrected chi connectivity index (χ3v) is 3.68. The van der Waals surface area contributed by atoms with Gasteiger partial charge in [-0.05, 0) is 41.0 Å². The summed E-state index contributed by atoms with van der Waals surface area (Å²) in [6.45, 7) is 4.00. The van der Waals surface area contributed by atoms with E-state index in [1.807, 2.05) is 13.8 Å². The number of carbonyl (C=O) groups excluding carboxylic acids is 1. The number of hydrogen-bond donors (Lipinski definition) is 2. The molecule has 8 heteroatoms. The van der Waals surface area contributed by atoms with Crippen LogP contribution in [0.4, 0.5) is 0 Å². The molecule has 0 fully saturated rings. The first-order chi connectivity index (χ1) is 10.5. The van der Waals surface area contributed by atoms with Crippen LogP contribution in [-0.4, -0.2) is 43.9 Å². The monoisotopic (exact) mass is 323 g/mol. The lowest BCUT2D eigenvalue weighted by Crippen LogP contribution is -2.39. The number of aromatic nitrogens is 4. The highest BCUT2D eigenvalue weighted by Crippen LogP contribution is 2.20. The average molecular weight is 324 g/mol. The molecular weight excluding hydrogens is 306 g/mol. The van der Waals surface area contributed by atoms with Gasteiger partial charge in [0.05, 0.1) is 16.3 Å². The molecule has 1 amide bonds. The van der Waals surface area contributed by atoms with Crippen molar-refractivity contribution < 1.29 is 9.90 Å². The fourth-order valence-corrected chi connectivity index (χ4v) is 2.33. The van der Waals surface area contributed by atoms with E-state index >= 15 is 0 Å². The molecule has 0 aliphatic rings. The molecule has 7 nitrogen and oxygen atoms in total. The number of benzene rings is 1. The van der Waals surface area contributed by atoms with Gasteiger partial charge in [0.25, 0.3) is 5.91 Å². The zero-order valence-electron chi connectivity index (χ0n) is 12.4. The van der Waals surface area contributed by atoms with E-state index in [0.717, 1.165) is 0 Å². The minimum Gasteiger partial charge on any atom is -0.396 e. The minimum absolute atomic E-state index is 0.0229. The lowest BCUT2D eigenvalue weighted by Gasteiger charge is -2.21. The van der Waals surface area contributed by atoms with Crippen LogP contribution in [0.3, 0.4) is 0 Å². The molecule has 1 heterocycles. The number of halogens is 1. The Bertz CT molecular complexity index is 630. The Morgan fingerprint density at radius 1 is 1.45 bits per heavy atom. The van der Waals surface area contributed by atoms with Gasteiger partial charge in [0, 0.05) is 12.6 Å². The average Bonchev–Trinajstić information content (AvgIpc) is 3.00. The highest BCUT2D eigenvalue weighted by molar-refractivity contribution is 6.34. The molecule has 1 aromatic heterocycles. The zero-order chi connectivity index (χ0) is 16.1. The Hall–Kier alpha value is -1.99. The summed E-state index contributed by atoms with van der Waals surface area (Å²) in [7, 11) is 0. The van der Waals surface area contributed by atoms with Crippen molar-refractivity contribution in [1.82, 2.24) is 25.5 Å². The van der Waals surface area contributed by atoms with Crippen molar-refractivity contribution in [2.75, 3.05) is 6.61 Å². The number of hydrogen-bond acceptors (Lipinski definition) is 5. The summed E-state index contributed by atoms with van der Waals surface area (Å²) in [5.41, 5.74) is 1.05. The predicted molar refractivity (Wildman–Crippen MR) is 82.0 cm³/mol. The van der Waals surface area contributed by atoms with E-state index in [0.29, 0.717) is 22.7 Å². The molecule has 0 bridgehead atoms. The minimum atomic E-state index is -0.264. The van der Waals surface area contributed by atoms with Gasteiger partial charge >= 0.3 is 0 Å². The van der Waals surface area contributed by atoms with Crippen molar-refractivity contribution in [2.45, 2.75) is 26.3 Å². The van der Waals surface area contributed by atoms with Crippen molar-refractivity contribution in [3.63, 3.8) is 0 Å². The van der Waals surface area contributed by atoms with E-state index in [1.54, 1.807) is 18.2 Å². The highest BCUT2D eigenvalue weighted by Gasteiger charge is 2.18. The van der Waals surface area contributed by atoms with Crippen LogP contribution in [0.2, 0.25) is 5.02 Å². The fourth-order valence-electron chi connectivity index (χ4n) is 2.07. The summed E-state index contributed by atoms with van der Waals surface area (Å²) >= 11 is 6.19. The molecule has 0 aliphatic carbocycles. The second-order valence-corrected chi connectivity index (χ2v) is 5.66. The molecule has 2 rings (SSSR count). The van der Waals surface area contributed by atoms with Crippen LogP contribution in [0.5, 0.6) is 0 Å². The van der Waals surface area contributed by atoms with Gasteiger partial charge in [-0.1, -0.05) is 25.4 Å². The molecule has 1 aromatic carbocycles. The van der Waals surface area contributed by atoms with Gasteiger partial charge in [0.1, 0.15) is 6.33 Å². The molecule has 118 valence electrons. The van der Waals surface area contributed by atoms with Crippen LogP contribution in [0, 0.1) is 5.92 Å². The number of rotatable bonds is 6. The number of carbonyl (C=O) groups is 1. The largest absolute Gasteiger partial charge is 0.396 e. The van der Waals surface area contributed by atoms with Crippen molar-refractivity contribution in [3.05, 3.63) is 35.1 Å². The van der Waals surface area contributed by atoms with E-state index < -0.39 is 0 Å². The van der Waals surface area contributed by atoms with Crippen LogP contribution >= 0.6 is 11.6 Å². The highest BCUT2D eigenvalue weighted by atomic mass is 35.5. The SMILES string of the molecule is CC(C)C(CCO)NC(=O)c1ccc(-n2cnnn2)cc1Cl. The maximum absolute atomic E-state index is 12.3. The van der Waals surface area contributed by atoms with Gasteiger partial charge in [-0.25, -0.2) is 4.68 Å². The first kappa shape index (κ1) is 16.4. The molecular formula is C14H18ClN5O2. The molecule has 2 aromatic rings. The molecule has 2 N–H and O–H groups in total. The van der Waals surface area contributed by atoms with Crippen LogP contribution < -0.4 is 5.32 Å². The van der Waals surface area contributed by atoms with Crippen LogP contribution in [0.1, 0.15) is 30.6 Å². The first-order valence-corrected chi connectivity index (χ1v) is 7.35. The molecule has 0 radical (unpaired) electrons. The third-order valence-electron chi connectivity index (χ3n) is 3.37. The van der Waals surface area contributed by atoms with Crippen molar-refractivity contribution in [1.29, 1.82) is 0 Å². The molecule has 22 heavy (non-hydrogen) atoms. The Balaban J connectivity index is 2.16. The molecule has 1 atom stereocenters. The molecule has 0 aliphatic heterocycles. The maximum atomic E-state index is 12.3. The van der Waals surface area contributed by atoms with Crippen LogP contribution in [-0.2, 0) is 0 Å². The molecule has 0 saturated heterocycles. The number of nitrogens with one attached hydrogen (secondary N) is 1. The Morgan fingerprint density at radius 2 is 2.23 bits per heavy atom. The second-order valence-electron chi connectivity index (χ2n) is 5.25. The second kappa shape index (κ2) is 7.33. The van der Waals surface area contributed by atoms with Gasteiger partial charge in [0.15, 0.2) is 0 Å². The maximum Gasteiger partial charge on any atom is 0.253 e. The van der Waals surface area contributed by atoms with Gasteiger partial charge in [-0.3, -0.25) is 4.79 Å². The van der Waals surface area contributed by atoms with E-state index in [2.05, 4.69) is 20.8 Å². The van der Waals surface area contributed by atoms with Gasteiger partial charge in [-0.2, -0.15) is 0 Å². The van der Waals surface area contributed by atoms with Gasteiger partial charge in [0.2, 0.25) is 0 Å². The summed E-state index contributed by atoms with van der Waals surface area (Å²) in [5.74, 6) is -0.0456. The van der Waals surface area contributed by atoms with Crippen molar-refractivity contribution >= 4 is 17.5 Å². The first-order valence-electron chi connectivity index (χ1n) is 6.97. The summed E-state index contributed by atoms with van der Waals surface area (Å²) in [5, 5.41) is 23.2. The number of amides is 1. The van der Waals surface area contributed by atoms with Gasteiger partial charge in [-0.15, -0.1) is 5.10 Å². The standard InChI is InChI=1S/C14H18ClN5O2/c1-9(2)13(5-6-21)17-14(22)11-4-3-10(7-12(11)15)20-8-16-18-19-20/h3-4,7-9,13,21H,5-6H2,1-2H3,(H,17,22). The lowest BCUT2D eigenvalue weighted by molar-refractivity contribution is 0.0917. The lowest BCUT2D eigenvalue weighted by atomic mass is 10.0.